The van der Waals surface area contributed by atoms with Crippen LogP contribution in [0.25, 0.3) is 10.9 Å². The molecule has 1 N–H and O–H groups in total. The van der Waals surface area contributed by atoms with Gasteiger partial charge in [-0.1, -0.05) is 11.6 Å². The van der Waals surface area contributed by atoms with Gasteiger partial charge in [-0.05, 0) is 36.2 Å². The van der Waals surface area contributed by atoms with Crippen LogP contribution in [0.2, 0.25) is 0 Å². The van der Waals surface area contributed by atoms with Crippen LogP contribution in [-0.2, 0) is 33.8 Å². The number of nitrogens with zero attached hydrogens (tertiary/aromatic N) is 4. The van der Waals surface area contributed by atoms with Crippen LogP contribution < -0.4 is 21.3 Å². The van der Waals surface area contributed by atoms with Crippen LogP contribution in [0.1, 0.15) is 12.0 Å². The maximum atomic E-state index is 15.3. The van der Waals surface area contributed by atoms with Crippen molar-refractivity contribution in [3.63, 3.8) is 0 Å². The lowest BCUT2D eigenvalue weighted by Crippen LogP contribution is -2.39. The van der Waals surface area contributed by atoms with Gasteiger partial charge in [0.25, 0.3) is 17.0 Å². The Labute approximate surface area is 219 Å². The van der Waals surface area contributed by atoms with Crippen molar-refractivity contribution in [3.8, 4) is 0 Å². The third kappa shape index (κ3) is 5.42. The quantitative estimate of drug-likeness (QED) is 0.467. The lowest BCUT2D eigenvalue weighted by Gasteiger charge is -2.24. The molecule has 5 rings (SSSR count). The summed E-state index contributed by atoms with van der Waals surface area (Å²) in [6.07, 6.45) is -0.813. The molecule has 1 unspecified atom stereocenters. The smallest absolute Gasteiger partial charge is 0.331 e. The van der Waals surface area contributed by atoms with E-state index in [9.17, 15) is 28.0 Å². The number of cyclic esters (lactones) is 1. The Balaban J connectivity index is 1.29. The molecule has 0 bridgehead atoms. The van der Waals surface area contributed by atoms with Gasteiger partial charge in [0.2, 0.25) is 0 Å². The summed E-state index contributed by atoms with van der Waals surface area (Å²) in [5.41, 5.74) is 0.882. The molecule has 3 aromatic rings. The molecule has 0 spiro atoms. The molecule has 1 aromatic carbocycles. The fraction of sp³-hybridized carbons (Fsp3) is 0.346. The molecule has 2 aliphatic heterocycles. The number of nitrogens with one attached hydrogen (secondary N) is 1. The lowest BCUT2D eigenvalue weighted by molar-refractivity contribution is -0.145. The summed E-state index contributed by atoms with van der Waals surface area (Å²) >= 11 is 0. The van der Waals surface area contributed by atoms with Crippen LogP contribution in [0.3, 0.4) is 0 Å². The highest BCUT2D eigenvalue weighted by molar-refractivity contribution is 5.84. The van der Waals surface area contributed by atoms with Gasteiger partial charge in [-0.3, -0.25) is 19.4 Å². The summed E-state index contributed by atoms with van der Waals surface area (Å²) < 4.78 is 47.9. The van der Waals surface area contributed by atoms with Gasteiger partial charge in [-0.25, -0.2) is 18.5 Å². The molecule has 0 saturated heterocycles. The molecule has 10 nitrogen and oxygen atoms in total. The number of ether oxygens (including phenoxy) is 1. The van der Waals surface area contributed by atoms with Gasteiger partial charge in [-0.15, -0.1) is 0 Å². The van der Waals surface area contributed by atoms with E-state index in [0.717, 1.165) is 0 Å². The van der Waals surface area contributed by atoms with Gasteiger partial charge in [0.15, 0.2) is 0 Å². The molecule has 204 valence electrons. The second-order valence-electron chi connectivity index (χ2n) is 9.32. The van der Waals surface area contributed by atoms with Crippen LogP contribution in [0, 0.1) is 5.82 Å². The van der Waals surface area contributed by atoms with E-state index < -0.39 is 30.2 Å². The number of aromatic nitrogens is 3. The zero-order valence-electron chi connectivity index (χ0n) is 20.6. The van der Waals surface area contributed by atoms with E-state index in [1.54, 1.807) is 29.2 Å². The molecule has 1 amide bonds. The normalized spacial score (nSPS) is 17.4. The number of fused-ring (bicyclic) bond motifs is 2. The van der Waals surface area contributed by atoms with E-state index in [0.29, 0.717) is 23.4 Å². The first-order valence-electron chi connectivity index (χ1n) is 12.3. The number of esters is 1. The Morgan fingerprint density at radius 3 is 2.54 bits per heavy atom. The average Bonchev–Trinajstić information content (AvgIpc) is 3.14. The van der Waals surface area contributed by atoms with Crippen molar-refractivity contribution in [1.82, 2.24) is 19.7 Å². The molecule has 39 heavy (non-hydrogen) atoms. The van der Waals surface area contributed by atoms with Gasteiger partial charge in [0.05, 0.1) is 30.7 Å². The number of amides is 1. The standard InChI is InChI=1S/C26H24F3N5O5/c27-19-12-15(10-16-11-17(39-21(35)13-16)14-31-24(36)23(28)29)3-4-20(19)32-6-8-33-25(37)18-2-1-5-30-22(18)26(38)34(33)9-7-32/h1-5,12-13,17,23H,6-11,14H2,(H,31,36). The van der Waals surface area contributed by atoms with Crippen molar-refractivity contribution < 1.29 is 27.5 Å². The van der Waals surface area contributed by atoms with Crippen molar-refractivity contribution in [3.05, 3.63) is 80.3 Å². The minimum absolute atomic E-state index is 0.0993. The molecular weight excluding hydrogens is 519 g/mol. The number of anilines is 1. The first kappa shape index (κ1) is 26.2. The van der Waals surface area contributed by atoms with Crippen molar-refractivity contribution in [2.24, 2.45) is 0 Å². The largest absolute Gasteiger partial charge is 0.457 e. The van der Waals surface area contributed by atoms with Crippen LogP contribution in [0.4, 0.5) is 18.9 Å². The molecule has 0 fully saturated rings. The Hall–Kier alpha value is -4.42. The minimum Gasteiger partial charge on any atom is -0.457 e. The van der Waals surface area contributed by atoms with Crippen LogP contribution in [0.15, 0.2) is 57.8 Å². The number of carbonyl (C=O) groups is 2. The first-order chi connectivity index (χ1) is 18.7. The van der Waals surface area contributed by atoms with Crippen molar-refractivity contribution in [1.29, 1.82) is 0 Å². The Kier molecular flexibility index (Phi) is 7.22. The second-order valence-corrected chi connectivity index (χ2v) is 9.32. The van der Waals surface area contributed by atoms with Gasteiger partial charge in [0.1, 0.15) is 17.4 Å². The number of hydrogen-bond acceptors (Lipinski definition) is 7. The topological polar surface area (TPSA) is 116 Å². The highest BCUT2D eigenvalue weighted by Gasteiger charge is 2.25. The van der Waals surface area contributed by atoms with E-state index in [1.165, 1.54) is 27.7 Å². The second kappa shape index (κ2) is 10.8. The number of pyridine rings is 1. The van der Waals surface area contributed by atoms with Crippen molar-refractivity contribution >= 4 is 28.5 Å². The van der Waals surface area contributed by atoms with E-state index >= 15 is 4.39 Å². The van der Waals surface area contributed by atoms with Crippen molar-refractivity contribution in [2.75, 3.05) is 24.5 Å². The lowest BCUT2D eigenvalue weighted by atomic mass is 9.97. The summed E-state index contributed by atoms with van der Waals surface area (Å²) in [5, 5.41) is 2.27. The highest BCUT2D eigenvalue weighted by Crippen LogP contribution is 2.25. The monoisotopic (exact) mass is 543 g/mol. The van der Waals surface area contributed by atoms with E-state index in [-0.39, 0.29) is 61.0 Å². The fourth-order valence-electron chi connectivity index (χ4n) is 4.92. The number of rotatable bonds is 6. The van der Waals surface area contributed by atoms with E-state index in [4.69, 9.17) is 4.74 Å². The number of halogens is 3. The number of hydrogen-bond donors (Lipinski definition) is 1. The summed E-state index contributed by atoms with van der Waals surface area (Å²) in [6.45, 7) is 0.675. The molecule has 13 heteroatoms. The summed E-state index contributed by atoms with van der Waals surface area (Å²) in [6, 6.07) is 7.81. The Morgan fingerprint density at radius 2 is 1.82 bits per heavy atom. The SMILES string of the molecule is O=C1C=C(Cc2ccc(N3CCn4c(=O)c5cccnc5c(=O)n4CC3)c(F)c2)CC(CNC(=O)C(F)F)O1. The molecule has 2 aromatic heterocycles. The Morgan fingerprint density at radius 1 is 1.08 bits per heavy atom. The Bertz CT molecular complexity index is 1540. The molecule has 0 radical (unpaired) electrons. The molecule has 4 heterocycles. The molecular formula is C26H24F3N5O5. The van der Waals surface area contributed by atoms with E-state index in [1.807, 2.05) is 5.32 Å². The molecule has 1 atom stereocenters. The van der Waals surface area contributed by atoms with Gasteiger partial charge >= 0.3 is 12.4 Å². The summed E-state index contributed by atoms with van der Waals surface area (Å²) in [5.74, 6) is -2.62. The maximum Gasteiger partial charge on any atom is 0.331 e. The summed E-state index contributed by atoms with van der Waals surface area (Å²) in [7, 11) is 0. The fourth-order valence-corrected chi connectivity index (χ4v) is 4.92. The molecule has 0 aliphatic carbocycles. The molecule has 0 saturated carbocycles. The van der Waals surface area contributed by atoms with Gasteiger partial charge in [0, 0.05) is 31.8 Å². The number of alkyl halides is 2. The van der Waals surface area contributed by atoms with Crippen LogP contribution in [-0.4, -0.2) is 58.4 Å². The number of carbonyl (C=O) groups excluding carboxylic acids is 2. The zero-order valence-corrected chi connectivity index (χ0v) is 20.6. The van der Waals surface area contributed by atoms with Gasteiger partial charge < -0.3 is 15.0 Å². The van der Waals surface area contributed by atoms with Gasteiger partial charge in [-0.2, -0.15) is 8.78 Å². The summed E-state index contributed by atoms with van der Waals surface area (Å²) in [4.78, 5) is 54.8. The third-order valence-electron chi connectivity index (χ3n) is 6.75. The predicted octanol–water partition coefficient (Wildman–Crippen LogP) is 1.38. The van der Waals surface area contributed by atoms with E-state index in [2.05, 4.69) is 4.98 Å². The number of benzene rings is 1. The third-order valence-corrected chi connectivity index (χ3v) is 6.75. The highest BCUT2D eigenvalue weighted by atomic mass is 19.3. The molecule has 2 aliphatic rings. The van der Waals surface area contributed by atoms with Crippen LogP contribution in [0.5, 0.6) is 0 Å². The first-order valence-corrected chi connectivity index (χ1v) is 12.3. The average molecular weight is 544 g/mol. The zero-order chi connectivity index (χ0) is 27.7. The predicted molar refractivity (Wildman–Crippen MR) is 134 cm³/mol. The maximum absolute atomic E-state index is 15.3. The minimum atomic E-state index is -3.17. The van der Waals surface area contributed by atoms with Crippen LogP contribution >= 0.6 is 0 Å². The van der Waals surface area contributed by atoms with Crippen molar-refractivity contribution in [2.45, 2.75) is 38.5 Å².